The lowest BCUT2D eigenvalue weighted by molar-refractivity contribution is -0.147. The fourth-order valence-corrected chi connectivity index (χ4v) is 4.18. The van der Waals surface area contributed by atoms with Crippen LogP contribution in [0.3, 0.4) is 0 Å². The topological polar surface area (TPSA) is 90.6 Å². The molecule has 1 atom stereocenters. The number of hydrogen-bond acceptors (Lipinski definition) is 5. The first-order chi connectivity index (χ1) is 16.2. The minimum atomic E-state index is -0.812. The number of carbonyl (C=O) groups is 2. The molecule has 3 N–H and O–H groups in total. The number of hydrogen-bond donors (Lipinski definition) is 2. The summed E-state index contributed by atoms with van der Waals surface area (Å²) in [4.78, 5) is 25.2. The van der Waals surface area contributed by atoms with Gasteiger partial charge in [0, 0.05) is 5.92 Å². The van der Waals surface area contributed by atoms with E-state index in [1.54, 1.807) is 0 Å². The van der Waals surface area contributed by atoms with Crippen molar-refractivity contribution in [2.24, 2.45) is 5.73 Å². The molecule has 1 aliphatic carbocycles. The SMILES string of the molecule is NCCC[C@H](NC(=O)OCC1c2ccccc2-c2ccccc21)C(=O)OCc1ccccc1. The van der Waals surface area contributed by atoms with Gasteiger partial charge in [-0.1, -0.05) is 78.9 Å². The monoisotopic (exact) mass is 444 g/mol. The summed E-state index contributed by atoms with van der Waals surface area (Å²) >= 11 is 0. The number of nitrogens with one attached hydrogen (secondary N) is 1. The van der Waals surface area contributed by atoms with Crippen molar-refractivity contribution >= 4 is 12.1 Å². The second kappa shape index (κ2) is 10.8. The van der Waals surface area contributed by atoms with Crippen LogP contribution in [0.5, 0.6) is 0 Å². The molecule has 0 bridgehead atoms. The second-order valence-electron chi connectivity index (χ2n) is 8.05. The molecule has 3 aromatic carbocycles. The van der Waals surface area contributed by atoms with E-state index >= 15 is 0 Å². The molecule has 4 rings (SSSR count). The van der Waals surface area contributed by atoms with Crippen LogP contribution in [-0.4, -0.2) is 31.3 Å². The third-order valence-corrected chi connectivity index (χ3v) is 5.84. The van der Waals surface area contributed by atoms with Crippen LogP contribution in [0.15, 0.2) is 78.9 Å². The highest BCUT2D eigenvalue weighted by molar-refractivity contribution is 5.82. The molecule has 1 aliphatic rings. The number of nitrogens with two attached hydrogens (primary N) is 1. The fraction of sp³-hybridized carbons (Fsp3) is 0.259. The zero-order chi connectivity index (χ0) is 23.0. The summed E-state index contributed by atoms with van der Waals surface area (Å²) in [5, 5.41) is 2.67. The molecule has 0 saturated carbocycles. The van der Waals surface area contributed by atoms with Crippen molar-refractivity contribution in [2.45, 2.75) is 31.4 Å². The van der Waals surface area contributed by atoms with Crippen molar-refractivity contribution in [3.05, 3.63) is 95.6 Å². The van der Waals surface area contributed by atoms with E-state index in [9.17, 15) is 9.59 Å². The molecule has 33 heavy (non-hydrogen) atoms. The molecule has 0 spiro atoms. The molecule has 6 nitrogen and oxygen atoms in total. The van der Waals surface area contributed by atoms with E-state index in [0.717, 1.165) is 27.8 Å². The average molecular weight is 445 g/mol. The Balaban J connectivity index is 1.37. The van der Waals surface area contributed by atoms with E-state index in [4.69, 9.17) is 15.2 Å². The maximum absolute atomic E-state index is 12.6. The van der Waals surface area contributed by atoms with Gasteiger partial charge in [0.15, 0.2) is 0 Å². The first kappa shape index (κ1) is 22.6. The molecule has 0 unspecified atom stereocenters. The number of benzene rings is 3. The Morgan fingerprint density at radius 2 is 1.45 bits per heavy atom. The first-order valence-corrected chi connectivity index (χ1v) is 11.2. The summed E-state index contributed by atoms with van der Waals surface area (Å²) in [5.41, 5.74) is 11.1. The van der Waals surface area contributed by atoms with Gasteiger partial charge in [0.1, 0.15) is 19.3 Å². The number of esters is 1. The van der Waals surface area contributed by atoms with Crippen LogP contribution in [0.25, 0.3) is 11.1 Å². The highest BCUT2D eigenvalue weighted by Gasteiger charge is 2.30. The zero-order valence-corrected chi connectivity index (χ0v) is 18.4. The Morgan fingerprint density at radius 3 is 2.09 bits per heavy atom. The van der Waals surface area contributed by atoms with Gasteiger partial charge in [-0.3, -0.25) is 0 Å². The molecular weight excluding hydrogens is 416 g/mol. The van der Waals surface area contributed by atoms with Crippen LogP contribution in [0.2, 0.25) is 0 Å². The third-order valence-electron chi connectivity index (χ3n) is 5.84. The van der Waals surface area contributed by atoms with Gasteiger partial charge in [-0.05, 0) is 47.2 Å². The standard InChI is InChI=1S/C27H28N2O4/c28-16-8-15-25(26(30)32-17-19-9-2-1-3-10-19)29-27(31)33-18-24-22-13-6-4-11-20(22)21-12-5-7-14-23(21)24/h1-7,9-14,24-25H,8,15-18,28H2,(H,29,31)/t25-/m0/s1. The lowest BCUT2D eigenvalue weighted by Gasteiger charge is -2.19. The summed E-state index contributed by atoms with van der Waals surface area (Å²) in [7, 11) is 0. The maximum Gasteiger partial charge on any atom is 0.407 e. The molecule has 0 radical (unpaired) electrons. The zero-order valence-electron chi connectivity index (χ0n) is 18.4. The highest BCUT2D eigenvalue weighted by atomic mass is 16.6. The molecule has 170 valence electrons. The summed E-state index contributed by atoms with van der Waals surface area (Å²) in [6.07, 6.45) is 0.318. The van der Waals surface area contributed by atoms with Gasteiger partial charge < -0.3 is 20.5 Å². The van der Waals surface area contributed by atoms with Gasteiger partial charge in [0.25, 0.3) is 0 Å². The van der Waals surface area contributed by atoms with Crippen LogP contribution in [0.4, 0.5) is 4.79 Å². The Hall–Kier alpha value is -3.64. The van der Waals surface area contributed by atoms with Gasteiger partial charge >= 0.3 is 12.1 Å². The minimum absolute atomic E-state index is 0.0457. The lowest BCUT2D eigenvalue weighted by atomic mass is 9.98. The molecule has 0 heterocycles. The molecular formula is C27H28N2O4. The van der Waals surface area contributed by atoms with Gasteiger partial charge in [-0.25, -0.2) is 9.59 Å². The van der Waals surface area contributed by atoms with Crippen molar-refractivity contribution < 1.29 is 19.1 Å². The van der Waals surface area contributed by atoms with E-state index in [0.29, 0.717) is 19.4 Å². The minimum Gasteiger partial charge on any atom is -0.459 e. The van der Waals surface area contributed by atoms with Crippen molar-refractivity contribution in [2.75, 3.05) is 13.2 Å². The van der Waals surface area contributed by atoms with E-state index < -0.39 is 18.1 Å². The quantitative estimate of drug-likeness (QED) is 0.478. The van der Waals surface area contributed by atoms with Crippen LogP contribution >= 0.6 is 0 Å². The number of fused-ring (bicyclic) bond motifs is 3. The van der Waals surface area contributed by atoms with Crippen LogP contribution in [0.1, 0.15) is 35.4 Å². The number of rotatable bonds is 9. The smallest absolute Gasteiger partial charge is 0.407 e. The third kappa shape index (κ3) is 5.41. The van der Waals surface area contributed by atoms with Gasteiger partial charge in [-0.15, -0.1) is 0 Å². The molecule has 3 aromatic rings. The van der Waals surface area contributed by atoms with Crippen LogP contribution in [-0.2, 0) is 20.9 Å². The summed E-state index contributed by atoms with van der Waals surface area (Å²) in [6.45, 7) is 0.739. The number of amides is 1. The van der Waals surface area contributed by atoms with Crippen molar-refractivity contribution in [1.29, 1.82) is 0 Å². The Kier molecular flexibility index (Phi) is 7.37. The maximum atomic E-state index is 12.6. The normalized spacial score (nSPS) is 13.0. The average Bonchev–Trinajstić information content (AvgIpc) is 3.18. The van der Waals surface area contributed by atoms with Crippen LogP contribution in [0, 0.1) is 0 Å². The fourth-order valence-electron chi connectivity index (χ4n) is 4.18. The van der Waals surface area contributed by atoms with Gasteiger partial charge in [0.05, 0.1) is 0 Å². The highest BCUT2D eigenvalue weighted by Crippen LogP contribution is 2.44. The lowest BCUT2D eigenvalue weighted by Crippen LogP contribution is -2.42. The molecule has 6 heteroatoms. The largest absolute Gasteiger partial charge is 0.459 e. The first-order valence-electron chi connectivity index (χ1n) is 11.2. The number of alkyl carbamates (subject to hydrolysis) is 1. The molecule has 0 aliphatic heterocycles. The van der Waals surface area contributed by atoms with E-state index in [-0.39, 0.29) is 19.1 Å². The molecule has 0 saturated heterocycles. The molecule has 0 aromatic heterocycles. The van der Waals surface area contributed by atoms with E-state index in [2.05, 4.69) is 29.6 Å². The molecule has 1 amide bonds. The summed E-state index contributed by atoms with van der Waals surface area (Å²) in [6, 6.07) is 24.9. The predicted molar refractivity (Wildman–Crippen MR) is 127 cm³/mol. The Labute approximate surface area is 193 Å². The van der Waals surface area contributed by atoms with Crippen molar-refractivity contribution in [1.82, 2.24) is 5.32 Å². The Morgan fingerprint density at radius 1 is 0.848 bits per heavy atom. The van der Waals surface area contributed by atoms with Gasteiger partial charge in [0.2, 0.25) is 0 Å². The van der Waals surface area contributed by atoms with Gasteiger partial charge in [-0.2, -0.15) is 0 Å². The van der Waals surface area contributed by atoms with E-state index in [1.807, 2.05) is 54.6 Å². The summed E-state index contributed by atoms with van der Waals surface area (Å²) in [5.74, 6) is -0.545. The second-order valence-corrected chi connectivity index (χ2v) is 8.05. The van der Waals surface area contributed by atoms with Crippen molar-refractivity contribution in [3.63, 3.8) is 0 Å². The van der Waals surface area contributed by atoms with Crippen molar-refractivity contribution in [3.8, 4) is 11.1 Å². The molecule has 0 fully saturated rings. The summed E-state index contributed by atoms with van der Waals surface area (Å²) < 4.78 is 11.0. The Bertz CT molecular complexity index is 1050. The number of ether oxygens (including phenoxy) is 2. The predicted octanol–water partition coefficient (Wildman–Crippen LogP) is 4.38. The van der Waals surface area contributed by atoms with Crippen LogP contribution < -0.4 is 11.1 Å². The number of carbonyl (C=O) groups excluding carboxylic acids is 2. The van der Waals surface area contributed by atoms with E-state index in [1.165, 1.54) is 0 Å².